The molecule has 2 amide bonds. The molecule has 1 saturated carbocycles. The Morgan fingerprint density at radius 1 is 1.19 bits per heavy atom. The second-order valence-corrected chi connectivity index (χ2v) is 9.83. The fourth-order valence-corrected chi connectivity index (χ4v) is 3.42. The van der Waals surface area contributed by atoms with Crippen LogP contribution in [0.5, 0.6) is 5.88 Å². The third-order valence-electron chi connectivity index (χ3n) is 5.76. The average Bonchev–Trinajstić information content (AvgIpc) is 2.84. The molecule has 0 spiro atoms. The van der Waals surface area contributed by atoms with Crippen LogP contribution in [0.2, 0.25) is 0 Å². The van der Waals surface area contributed by atoms with E-state index in [1.54, 1.807) is 67.4 Å². The molecule has 2 aromatic rings. The molecule has 1 fully saturated rings. The highest BCUT2D eigenvalue weighted by Crippen LogP contribution is 2.27. The van der Waals surface area contributed by atoms with Crippen molar-refractivity contribution in [3.63, 3.8) is 0 Å². The fourth-order valence-electron chi connectivity index (χ4n) is 3.42. The Bertz CT molecular complexity index is 1160. The Labute approximate surface area is 217 Å². The number of anilines is 3. The molecule has 0 aliphatic heterocycles. The number of amides is 2. The number of pyridine rings is 1. The smallest absolute Gasteiger partial charge is 0.410 e. The molecule has 37 heavy (non-hydrogen) atoms. The predicted molar refractivity (Wildman–Crippen MR) is 141 cm³/mol. The van der Waals surface area contributed by atoms with Crippen LogP contribution in [-0.4, -0.2) is 70.7 Å². The molecular weight excluding hydrogens is 474 g/mol. The van der Waals surface area contributed by atoms with Crippen molar-refractivity contribution in [1.82, 2.24) is 25.2 Å². The zero-order valence-electron chi connectivity index (χ0n) is 22.4. The number of methoxy groups -OCH3 is 1. The van der Waals surface area contributed by atoms with Gasteiger partial charge in [0.05, 0.1) is 30.8 Å². The van der Waals surface area contributed by atoms with Crippen LogP contribution in [0.15, 0.2) is 24.5 Å². The van der Waals surface area contributed by atoms with Crippen LogP contribution < -0.4 is 20.7 Å². The number of aromatic nitrogens is 3. The molecule has 198 valence electrons. The van der Waals surface area contributed by atoms with Gasteiger partial charge in [0.15, 0.2) is 5.82 Å². The largest absolute Gasteiger partial charge is 0.481 e. The third kappa shape index (κ3) is 7.70. The van der Waals surface area contributed by atoms with Gasteiger partial charge < -0.3 is 25.4 Å². The molecule has 1 atom stereocenters. The molecule has 0 radical (unpaired) electrons. The summed E-state index contributed by atoms with van der Waals surface area (Å²) < 4.78 is 10.4. The van der Waals surface area contributed by atoms with Gasteiger partial charge in [0, 0.05) is 32.1 Å². The van der Waals surface area contributed by atoms with E-state index in [-0.39, 0.29) is 17.9 Å². The van der Waals surface area contributed by atoms with Crippen molar-refractivity contribution in [2.24, 2.45) is 5.92 Å². The summed E-state index contributed by atoms with van der Waals surface area (Å²) in [5.41, 5.74) is 0.761. The molecule has 1 aliphatic rings. The van der Waals surface area contributed by atoms with Crippen molar-refractivity contribution in [1.29, 1.82) is 0 Å². The maximum atomic E-state index is 12.6. The van der Waals surface area contributed by atoms with Crippen LogP contribution >= 0.6 is 0 Å². The van der Waals surface area contributed by atoms with E-state index >= 15 is 0 Å². The molecule has 0 saturated heterocycles. The van der Waals surface area contributed by atoms with E-state index in [0.717, 1.165) is 18.5 Å². The number of rotatable bonds is 7. The average molecular weight is 510 g/mol. The van der Waals surface area contributed by atoms with Crippen molar-refractivity contribution in [2.45, 2.75) is 58.2 Å². The molecule has 0 aromatic carbocycles. The second kappa shape index (κ2) is 11.8. The Morgan fingerprint density at radius 2 is 1.92 bits per heavy atom. The zero-order valence-corrected chi connectivity index (χ0v) is 22.4. The minimum atomic E-state index is -0.649. The van der Waals surface area contributed by atoms with Crippen LogP contribution in [-0.2, 0) is 9.53 Å². The van der Waals surface area contributed by atoms with Crippen molar-refractivity contribution < 1.29 is 19.1 Å². The van der Waals surface area contributed by atoms with E-state index in [1.807, 2.05) is 6.07 Å². The summed E-state index contributed by atoms with van der Waals surface area (Å²) in [6.07, 6.45) is 4.23. The van der Waals surface area contributed by atoms with E-state index in [0.29, 0.717) is 23.2 Å². The van der Waals surface area contributed by atoms with Gasteiger partial charge in [-0.05, 0) is 46.6 Å². The van der Waals surface area contributed by atoms with Gasteiger partial charge in [-0.15, -0.1) is 0 Å². The first-order valence-corrected chi connectivity index (χ1v) is 12.1. The zero-order chi connectivity index (χ0) is 27.2. The standard InChI is InChI=1S/C26H35N7O4/c1-16(33(6)25(35)37-26(2,3)4)23(34)31-20-12-17(13-20)8-9-18-14-29-24(27-5)32-22(18)30-19-10-11-21(36-7)28-15-19/h10-11,14-17,20H,12-13H2,1-7H3,(H,31,34)(H2,27,29,30,32)/t16-,17?,20?/m0/s1. The summed E-state index contributed by atoms with van der Waals surface area (Å²) in [5.74, 6) is 7.87. The third-order valence-corrected chi connectivity index (χ3v) is 5.76. The van der Waals surface area contributed by atoms with E-state index < -0.39 is 17.7 Å². The van der Waals surface area contributed by atoms with Gasteiger partial charge in [0.1, 0.15) is 11.6 Å². The highest BCUT2D eigenvalue weighted by Gasteiger charge is 2.32. The second-order valence-electron chi connectivity index (χ2n) is 9.83. The molecule has 0 bridgehead atoms. The highest BCUT2D eigenvalue weighted by molar-refractivity contribution is 5.85. The summed E-state index contributed by atoms with van der Waals surface area (Å²) in [7, 11) is 4.86. The van der Waals surface area contributed by atoms with Crippen LogP contribution in [0.3, 0.4) is 0 Å². The van der Waals surface area contributed by atoms with Gasteiger partial charge in [-0.25, -0.2) is 14.8 Å². The van der Waals surface area contributed by atoms with Gasteiger partial charge in [0.2, 0.25) is 17.7 Å². The molecule has 11 heteroatoms. The number of hydrogen-bond acceptors (Lipinski definition) is 9. The maximum absolute atomic E-state index is 12.6. The normalized spacial score (nSPS) is 17.3. The lowest BCUT2D eigenvalue weighted by molar-refractivity contribution is -0.126. The molecule has 3 rings (SSSR count). The summed E-state index contributed by atoms with van der Waals surface area (Å²) in [4.78, 5) is 39.1. The lowest BCUT2D eigenvalue weighted by atomic mass is 9.80. The Hall–Kier alpha value is -4.07. The van der Waals surface area contributed by atoms with Gasteiger partial charge in [-0.1, -0.05) is 11.8 Å². The van der Waals surface area contributed by atoms with Crippen LogP contribution in [0, 0.1) is 17.8 Å². The Balaban J connectivity index is 1.57. The minimum absolute atomic E-state index is 0.00664. The molecule has 2 heterocycles. The van der Waals surface area contributed by atoms with Crippen molar-refractivity contribution >= 4 is 29.5 Å². The number of carbonyl (C=O) groups excluding carboxylic acids is 2. The van der Waals surface area contributed by atoms with Crippen LogP contribution in [0.4, 0.5) is 22.2 Å². The summed E-state index contributed by atoms with van der Waals surface area (Å²) >= 11 is 0. The van der Waals surface area contributed by atoms with Gasteiger partial charge in [0.25, 0.3) is 0 Å². The van der Waals surface area contributed by atoms with Crippen LogP contribution in [0.1, 0.15) is 46.1 Å². The Kier molecular flexibility index (Phi) is 8.76. The first-order chi connectivity index (χ1) is 17.5. The fraction of sp³-hybridized carbons (Fsp3) is 0.500. The lowest BCUT2D eigenvalue weighted by Crippen LogP contribution is -2.52. The summed E-state index contributed by atoms with van der Waals surface area (Å²) in [6.45, 7) is 7.04. The van der Waals surface area contributed by atoms with E-state index in [4.69, 9.17) is 9.47 Å². The quantitative estimate of drug-likeness (QED) is 0.482. The minimum Gasteiger partial charge on any atom is -0.481 e. The lowest BCUT2D eigenvalue weighted by Gasteiger charge is -2.34. The van der Waals surface area contributed by atoms with Gasteiger partial charge in [-0.3, -0.25) is 9.69 Å². The number of nitrogens with one attached hydrogen (secondary N) is 3. The highest BCUT2D eigenvalue weighted by atomic mass is 16.6. The Morgan fingerprint density at radius 3 is 2.51 bits per heavy atom. The maximum Gasteiger partial charge on any atom is 0.410 e. The van der Waals surface area contributed by atoms with Gasteiger partial charge >= 0.3 is 6.09 Å². The summed E-state index contributed by atoms with van der Waals surface area (Å²) in [6, 6.07) is 2.95. The molecule has 2 aromatic heterocycles. The molecule has 1 aliphatic carbocycles. The SMILES string of the molecule is CNc1ncc(C#CC2CC(NC(=O)[C@H](C)N(C)C(=O)OC(C)(C)C)C2)c(Nc2ccc(OC)nc2)n1. The number of carbonyl (C=O) groups is 2. The predicted octanol–water partition coefficient (Wildman–Crippen LogP) is 3.17. The molecule has 11 nitrogen and oxygen atoms in total. The van der Waals surface area contributed by atoms with Gasteiger partial charge in [-0.2, -0.15) is 4.98 Å². The first kappa shape index (κ1) is 27.5. The topological polar surface area (TPSA) is 131 Å². The van der Waals surface area contributed by atoms with Crippen molar-refractivity contribution in [3.05, 3.63) is 30.1 Å². The van der Waals surface area contributed by atoms with E-state index in [2.05, 4.69) is 42.7 Å². The molecule has 3 N–H and O–H groups in total. The number of nitrogens with zero attached hydrogens (tertiary/aromatic N) is 4. The summed E-state index contributed by atoms with van der Waals surface area (Å²) in [5, 5.41) is 9.15. The molecule has 0 unspecified atom stereocenters. The van der Waals surface area contributed by atoms with E-state index in [1.165, 1.54) is 4.90 Å². The van der Waals surface area contributed by atoms with Crippen molar-refractivity contribution in [3.8, 4) is 17.7 Å². The first-order valence-electron chi connectivity index (χ1n) is 12.1. The number of likely N-dealkylation sites (N-methyl/N-ethyl adjacent to an activating group) is 1. The molecular formula is C26H35N7O4. The number of ether oxygens (including phenoxy) is 2. The van der Waals surface area contributed by atoms with E-state index in [9.17, 15) is 9.59 Å². The van der Waals surface area contributed by atoms with Crippen molar-refractivity contribution in [2.75, 3.05) is 31.8 Å². The monoisotopic (exact) mass is 509 g/mol. The van der Waals surface area contributed by atoms with Crippen LogP contribution in [0.25, 0.3) is 0 Å². The number of hydrogen-bond donors (Lipinski definition) is 3.